The van der Waals surface area contributed by atoms with Crippen LogP contribution in [-0.2, 0) is 10.3 Å². The second-order valence-electron chi connectivity index (χ2n) is 8.01. The third-order valence-electron chi connectivity index (χ3n) is 6.05. The number of halogens is 2. The molecule has 9 heteroatoms. The van der Waals surface area contributed by atoms with E-state index in [1.54, 1.807) is 30.6 Å². The van der Waals surface area contributed by atoms with Gasteiger partial charge in [-0.15, -0.1) is 0 Å². The van der Waals surface area contributed by atoms with Crippen LogP contribution >= 0.6 is 0 Å². The van der Waals surface area contributed by atoms with Crippen molar-refractivity contribution in [3.8, 4) is 33.9 Å². The summed E-state index contributed by atoms with van der Waals surface area (Å²) >= 11 is 0. The van der Waals surface area contributed by atoms with Crippen molar-refractivity contribution in [1.29, 1.82) is 0 Å². The van der Waals surface area contributed by atoms with Gasteiger partial charge in [-0.1, -0.05) is 12.1 Å². The first-order valence-corrected chi connectivity index (χ1v) is 10.6. The van der Waals surface area contributed by atoms with Gasteiger partial charge in [-0.3, -0.25) is 4.98 Å². The minimum absolute atomic E-state index is 0.00874. The molecule has 0 aliphatic carbocycles. The Hall–Kier alpha value is -4.40. The van der Waals surface area contributed by atoms with Crippen molar-refractivity contribution in [2.24, 2.45) is 10.7 Å². The Labute approximate surface area is 193 Å². The van der Waals surface area contributed by atoms with Gasteiger partial charge in [0.2, 0.25) is 5.95 Å². The summed E-state index contributed by atoms with van der Waals surface area (Å²) in [4.78, 5) is 16.5. The molecule has 2 N–H and O–H groups in total. The molecule has 34 heavy (non-hydrogen) atoms. The van der Waals surface area contributed by atoms with E-state index in [4.69, 9.17) is 15.2 Å². The number of nitrogens with two attached hydrogens (primary N) is 1. The molecule has 0 fully saturated rings. The minimum Gasteiger partial charge on any atom is -0.465 e. The summed E-state index contributed by atoms with van der Waals surface area (Å²) in [5.74, 6) is -1.12. The van der Waals surface area contributed by atoms with Crippen molar-refractivity contribution in [2.45, 2.75) is 12.0 Å². The highest BCUT2D eigenvalue weighted by Crippen LogP contribution is 2.53. The van der Waals surface area contributed by atoms with E-state index in [9.17, 15) is 4.39 Å². The second kappa shape index (κ2) is 7.58. The van der Waals surface area contributed by atoms with E-state index in [0.29, 0.717) is 28.9 Å². The lowest BCUT2D eigenvalue weighted by atomic mass is 9.77. The van der Waals surface area contributed by atoms with Crippen LogP contribution in [-0.4, -0.2) is 27.6 Å². The fraction of sp³-hybridized carbons (Fsp3) is 0.120. The van der Waals surface area contributed by atoms with Crippen LogP contribution in [0.25, 0.3) is 22.4 Å². The Morgan fingerprint density at radius 2 is 1.85 bits per heavy atom. The summed E-state index contributed by atoms with van der Waals surface area (Å²) in [6.07, 6.45) is 5.15. The fourth-order valence-corrected chi connectivity index (χ4v) is 4.50. The van der Waals surface area contributed by atoms with Crippen LogP contribution in [0.15, 0.2) is 72.1 Å². The second-order valence-corrected chi connectivity index (χ2v) is 8.01. The van der Waals surface area contributed by atoms with E-state index < -0.39 is 17.4 Å². The SMILES string of the molecule is NC1=N[C@@]2(CCO1)c1cc(-c3cccnc3)ccc1Oc1c2cc(-c2ccnc(F)c2)nc1F. The molecule has 5 heterocycles. The van der Waals surface area contributed by atoms with E-state index in [1.165, 1.54) is 12.3 Å². The molecular weight excluding hydrogens is 440 g/mol. The number of nitrogens with zero attached hydrogens (tertiary/aromatic N) is 4. The molecule has 2 aliphatic heterocycles. The lowest BCUT2D eigenvalue weighted by Crippen LogP contribution is -2.39. The first-order chi connectivity index (χ1) is 16.5. The van der Waals surface area contributed by atoms with Gasteiger partial charge in [0.25, 0.3) is 12.0 Å². The summed E-state index contributed by atoms with van der Waals surface area (Å²) in [6.45, 7) is 0.272. The quantitative estimate of drug-likeness (QED) is 0.443. The smallest absolute Gasteiger partial charge is 0.283 e. The molecule has 168 valence electrons. The van der Waals surface area contributed by atoms with Gasteiger partial charge in [-0.05, 0) is 35.9 Å². The molecule has 0 unspecified atom stereocenters. The molecule has 0 saturated carbocycles. The van der Waals surface area contributed by atoms with E-state index in [0.717, 1.165) is 11.1 Å². The van der Waals surface area contributed by atoms with Crippen molar-refractivity contribution in [2.75, 3.05) is 6.61 Å². The van der Waals surface area contributed by atoms with Gasteiger partial charge in [-0.2, -0.15) is 8.78 Å². The maximum absolute atomic E-state index is 15.3. The van der Waals surface area contributed by atoms with Crippen LogP contribution in [0.2, 0.25) is 0 Å². The van der Waals surface area contributed by atoms with Gasteiger partial charge in [-0.25, -0.2) is 15.0 Å². The van der Waals surface area contributed by atoms with Gasteiger partial charge in [0.05, 0.1) is 12.3 Å². The van der Waals surface area contributed by atoms with Crippen molar-refractivity contribution < 1.29 is 18.3 Å². The Morgan fingerprint density at radius 1 is 0.941 bits per heavy atom. The van der Waals surface area contributed by atoms with Crippen LogP contribution in [0.1, 0.15) is 17.5 Å². The number of ether oxygens (including phenoxy) is 2. The highest BCUT2D eigenvalue weighted by atomic mass is 19.1. The fourth-order valence-electron chi connectivity index (χ4n) is 4.50. The molecule has 1 spiro atoms. The third kappa shape index (κ3) is 3.16. The van der Waals surface area contributed by atoms with Crippen LogP contribution in [0.4, 0.5) is 8.78 Å². The summed E-state index contributed by atoms with van der Waals surface area (Å²) in [5, 5.41) is 0. The zero-order valence-electron chi connectivity index (χ0n) is 17.7. The first-order valence-electron chi connectivity index (χ1n) is 10.6. The van der Waals surface area contributed by atoms with Crippen molar-refractivity contribution in [1.82, 2.24) is 15.0 Å². The summed E-state index contributed by atoms with van der Waals surface area (Å²) < 4.78 is 40.5. The summed E-state index contributed by atoms with van der Waals surface area (Å²) in [5.41, 5.74) is 8.50. The third-order valence-corrected chi connectivity index (χ3v) is 6.05. The molecule has 2 aliphatic rings. The average molecular weight is 457 g/mol. The minimum atomic E-state index is -1.08. The normalized spacial score (nSPS) is 18.4. The molecule has 0 saturated heterocycles. The molecule has 0 amide bonds. The number of aromatic nitrogens is 3. The Morgan fingerprint density at radius 3 is 2.65 bits per heavy atom. The Kier molecular flexibility index (Phi) is 4.51. The molecular formula is C25H17F2N5O2. The van der Waals surface area contributed by atoms with Crippen LogP contribution in [0, 0.1) is 11.9 Å². The maximum Gasteiger partial charge on any atom is 0.283 e. The van der Waals surface area contributed by atoms with E-state index in [-0.39, 0.29) is 24.1 Å². The highest BCUT2D eigenvalue weighted by molar-refractivity contribution is 5.77. The zero-order valence-corrected chi connectivity index (χ0v) is 17.7. The molecule has 1 atom stereocenters. The van der Waals surface area contributed by atoms with E-state index in [1.807, 2.05) is 24.3 Å². The maximum atomic E-state index is 15.3. The number of hydrogen-bond donors (Lipinski definition) is 1. The van der Waals surface area contributed by atoms with Crippen molar-refractivity contribution >= 4 is 6.02 Å². The van der Waals surface area contributed by atoms with Crippen LogP contribution in [0.5, 0.6) is 11.5 Å². The lowest BCUT2D eigenvalue weighted by Gasteiger charge is -2.39. The number of fused-ring (bicyclic) bond motifs is 4. The van der Waals surface area contributed by atoms with Gasteiger partial charge < -0.3 is 15.2 Å². The predicted molar refractivity (Wildman–Crippen MR) is 120 cm³/mol. The van der Waals surface area contributed by atoms with Crippen molar-refractivity contribution in [3.05, 3.63) is 90.1 Å². The molecule has 6 rings (SSSR count). The molecule has 0 bridgehead atoms. The number of benzene rings is 1. The van der Waals surface area contributed by atoms with Gasteiger partial charge in [0, 0.05) is 53.3 Å². The average Bonchev–Trinajstić information content (AvgIpc) is 2.85. The van der Waals surface area contributed by atoms with Crippen LogP contribution in [0.3, 0.4) is 0 Å². The van der Waals surface area contributed by atoms with Gasteiger partial charge in [0.15, 0.2) is 5.75 Å². The van der Waals surface area contributed by atoms with E-state index in [2.05, 4.69) is 19.9 Å². The monoisotopic (exact) mass is 457 g/mol. The topological polar surface area (TPSA) is 95.5 Å². The largest absolute Gasteiger partial charge is 0.465 e. The highest BCUT2D eigenvalue weighted by Gasteiger charge is 2.46. The van der Waals surface area contributed by atoms with Crippen molar-refractivity contribution in [3.63, 3.8) is 0 Å². The lowest BCUT2D eigenvalue weighted by molar-refractivity contribution is 0.217. The van der Waals surface area contributed by atoms with Gasteiger partial charge >= 0.3 is 0 Å². The standard InChI is InChI=1S/C25H17F2N5O2/c26-21-11-15(5-8-30-21)19-12-18-22(23(27)31-19)34-20-4-3-14(16-2-1-7-29-13-16)10-17(20)25(18)6-9-33-24(28)32-25/h1-5,7-8,10-13H,6,9H2,(H2,28,32)/t25-/m0/s1. The van der Waals surface area contributed by atoms with E-state index >= 15 is 4.39 Å². The number of amidine groups is 1. The summed E-state index contributed by atoms with van der Waals surface area (Å²) in [7, 11) is 0. The zero-order chi connectivity index (χ0) is 23.3. The molecule has 0 radical (unpaired) electrons. The summed E-state index contributed by atoms with van der Waals surface area (Å²) in [6, 6.07) is 13.8. The molecule has 1 aromatic carbocycles. The Balaban J connectivity index is 1.60. The Bertz CT molecular complexity index is 1460. The molecule has 4 aromatic rings. The predicted octanol–water partition coefficient (Wildman–Crippen LogP) is 4.57. The number of aliphatic imine (C=N–C) groups is 1. The van der Waals surface area contributed by atoms with Crippen LogP contribution < -0.4 is 10.5 Å². The molecule has 7 nitrogen and oxygen atoms in total. The first kappa shape index (κ1) is 20.2. The number of pyridine rings is 3. The molecule has 3 aromatic heterocycles. The van der Waals surface area contributed by atoms with Gasteiger partial charge in [0.1, 0.15) is 11.3 Å². The number of hydrogen-bond acceptors (Lipinski definition) is 7. The number of rotatable bonds is 2.